The van der Waals surface area contributed by atoms with Gasteiger partial charge in [-0.25, -0.2) is 0 Å². The maximum atomic E-state index is 11.4. The van der Waals surface area contributed by atoms with E-state index in [0.717, 1.165) is 31.4 Å². The Balaban J connectivity index is 1.85. The van der Waals surface area contributed by atoms with Gasteiger partial charge in [0, 0.05) is 6.42 Å². The summed E-state index contributed by atoms with van der Waals surface area (Å²) in [4.78, 5) is 11.4. The van der Waals surface area contributed by atoms with Crippen molar-refractivity contribution in [1.82, 2.24) is 0 Å². The van der Waals surface area contributed by atoms with Crippen molar-refractivity contribution >= 4 is 5.97 Å². The van der Waals surface area contributed by atoms with Crippen LogP contribution >= 0.6 is 0 Å². The normalized spacial score (nSPS) is 11.0. The van der Waals surface area contributed by atoms with Crippen LogP contribution in [0.1, 0.15) is 90.0 Å². The molecule has 6 nitrogen and oxygen atoms in total. The summed E-state index contributed by atoms with van der Waals surface area (Å²) in [6, 6.07) is 8.43. The van der Waals surface area contributed by atoms with Crippen molar-refractivity contribution < 1.29 is 28.5 Å². The van der Waals surface area contributed by atoms with E-state index >= 15 is 0 Å². The fraction of sp³-hybridized carbons (Fsp3) is 0.759. The maximum Gasteiger partial charge on any atom is 0.305 e. The van der Waals surface area contributed by atoms with Gasteiger partial charge in [0.05, 0.1) is 39.6 Å². The second kappa shape index (κ2) is 24.1. The molecule has 0 bridgehead atoms. The van der Waals surface area contributed by atoms with Crippen molar-refractivity contribution in [2.24, 2.45) is 0 Å². The number of unbranched alkanes of at least 4 members (excludes halogenated alkanes) is 8. The van der Waals surface area contributed by atoms with Crippen molar-refractivity contribution in [2.75, 3.05) is 52.9 Å². The Bertz CT molecular complexity index is 589. The van der Waals surface area contributed by atoms with E-state index in [1.165, 1.54) is 50.5 Å². The van der Waals surface area contributed by atoms with Crippen LogP contribution in [0, 0.1) is 0 Å². The Labute approximate surface area is 214 Å². The molecule has 202 valence electrons. The van der Waals surface area contributed by atoms with Crippen LogP contribution in [0.5, 0.6) is 5.75 Å². The van der Waals surface area contributed by atoms with Crippen molar-refractivity contribution in [1.29, 1.82) is 0 Å². The van der Waals surface area contributed by atoms with Gasteiger partial charge < -0.3 is 23.7 Å². The number of hydrogen-bond donors (Lipinski definition) is 0. The van der Waals surface area contributed by atoms with E-state index in [4.69, 9.17) is 23.7 Å². The average Bonchev–Trinajstić information content (AvgIpc) is 2.87. The molecule has 0 atom stereocenters. The number of benzene rings is 1. The highest BCUT2D eigenvalue weighted by atomic mass is 16.6. The molecule has 0 aromatic heterocycles. The first-order valence-electron chi connectivity index (χ1n) is 13.9. The monoisotopic (exact) mass is 494 g/mol. The highest BCUT2D eigenvalue weighted by molar-refractivity contribution is 5.69. The second-order valence-corrected chi connectivity index (χ2v) is 8.88. The second-order valence-electron chi connectivity index (χ2n) is 8.88. The summed E-state index contributed by atoms with van der Waals surface area (Å²) in [5, 5.41) is 0. The molecule has 0 aliphatic rings. The summed E-state index contributed by atoms with van der Waals surface area (Å²) < 4.78 is 27.3. The first-order chi connectivity index (χ1) is 17.3. The number of ether oxygens (including phenoxy) is 5. The van der Waals surface area contributed by atoms with E-state index < -0.39 is 0 Å². The van der Waals surface area contributed by atoms with E-state index in [2.05, 4.69) is 26.0 Å². The van der Waals surface area contributed by atoms with Gasteiger partial charge in [-0.15, -0.1) is 0 Å². The Morgan fingerprint density at radius 3 is 1.74 bits per heavy atom. The Morgan fingerprint density at radius 1 is 0.600 bits per heavy atom. The van der Waals surface area contributed by atoms with E-state index in [1.807, 2.05) is 12.1 Å². The van der Waals surface area contributed by atoms with Gasteiger partial charge in [-0.1, -0.05) is 77.3 Å². The zero-order valence-corrected chi connectivity index (χ0v) is 22.4. The largest absolute Gasteiger partial charge is 0.491 e. The SMILES string of the molecule is CCCCCCCCCc1ccc(OCCOCCOCCOCCOC(=O)CCCCC)cc1. The smallest absolute Gasteiger partial charge is 0.305 e. The fourth-order valence-electron chi connectivity index (χ4n) is 3.60. The lowest BCUT2D eigenvalue weighted by atomic mass is 10.0. The first-order valence-corrected chi connectivity index (χ1v) is 13.9. The summed E-state index contributed by atoms with van der Waals surface area (Å²) >= 11 is 0. The van der Waals surface area contributed by atoms with Gasteiger partial charge in [0.1, 0.15) is 19.0 Å². The van der Waals surface area contributed by atoms with E-state index in [1.54, 1.807) is 0 Å². The molecule has 0 fully saturated rings. The molecule has 0 saturated carbocycles. The average molecular weight is 495 g/mol. The highest BCUT2D eigenvalue weighted by Crippen LogP contribution is 2.15. The minimum absolute atomic E-state index is 0.143. The Hall–Kier alpha value is -1.63. The van der Waals surface area contributed by atoms with Crippen molar-refractivity contribution in [3.8, 4) is 5.75 Å². The van der Waals surface area contributed by atoms with Crippen molar-refractivity contribution in [3.63, 3.8) is 0 Å². The molecule has 0 amide bonds. The highest BCUT2D eigenvalue weighted by Gasteiger charge is 2.02. The van der Waals surface area contributed by atoms with Gasteiger partial charge in [0.2, 0.25) is 0 Å². The van der Waals surface area contributed by atoms with Crippen LogP contribution in [0.15, 0.2) is 24.3 Å². The van der Waals surface area contributed by atoms with Crippen molar-refractivity contribution in [3.05, 3.63) is 29.8 Å². The molecule has 0 radical (unpaired) electrons. The molecular formula is C29H50O6. The van der Waals surface area contributed by atoms with Crippen LogP contribution in [0.25, 0.3) is 0 Å². The third-order valence-corrected chi connectivity index (χ3v) is 5.71. The predicted molar refractivity (Wildman–Crippen MR) is 141 cm³/mol. The summed E-state index contributed by atoms with van der Waals surface area (Å²) in [6.45, 7) is 8.14. The maximum absolute atomic E-state index is 11.4. The molecular weight excluding hydrogens is 444 g/mol. The zero-order valence-electron chi connectivity index (χ0n) is 22.4. The van der Waals surface area contributed by atoms with Crippen LogP contribution in [0.4, 0.5) is 0 Å². The number of rotatable bonds is 25. The third-order valence-electron chi connectivity index (χ3n) is 5.71. The minimum atomic E-state index is -0.143. The molecule has 0 spiro atoms. The number of hydrogen-bond acceptors (Lipinski definition) is 6. The standard InChI is InChI=1S/C29H50O6/c1-3-5-7-8-9-10-12-13-27-15-17-28(18-16-27)34-25-23-32-21-19-31-20-22-33-24-26-35-29(30)14-11-6-4-2/h15-18H,3-14,19-26H2,1-2H3. The van der Waals surface area contributed by atoms with Crippen LogP contribution in [-0.4, -0.2) is 58.8 Å². The quantitative estimate of drug-likeness (QED) is 0.114. The number of carbonyl (C=O) groups is 1. The van der Waals surface area contributed by atoms with Gasteiger partial charge in [-0.2, -0.15) is 0 Å². The molecule has 35 heavy (non-hydrogen) atoms. The fourth-order valence-corrected chi connectivity index (χ4v) is 3.60. The molecule has 0 N–H and O–H groups in total. The van der Waals surface area contributed by atoms with Gasteiger partial charge in [0.25, 0.3) is 0 Å². The Kier molecular flexibility index (Phi) is 21.6. The third kappa shape index (κ3) is 20.3. The summed E-state index contributed by atoms with van der Waals surface area (Å²) in [6.07, 6.45) is 14.1. The summed E-state index contributed by atoms with van der Waals surface area (Å²) in [5.41, 5.74) is 1.38. The predicted octanol–water partition coefficient (Wildman–Crippen LogP) is 6.53. The number of carbonyl (C=O) groups excluding carboxylic acids is 1. The van der Waals surface area contributed by atoms with Gasteiger partial charge in [0.15, 0.2) is 0 Å². The molecule has 0 aliphatic heterocycles. The summed E-state index contributed by atoms with van der Waals surface area (Å²) in [5.74, 6) is 0.743. The van der Waals surface area contributed by atoms with E-state index in [9.17, 15) is 4.79 Å². The lowest BCUT2D eigenvalue weighted by molar-refractivity contribution is -0.145. The number of esters is 1. The topological polar surface area (TPSA) is 63.2 Å². The molecule has 1 aromatic carbocycles. The molecule has 1 rings (SSSR count). The van der Waals surface area contributed by atoms with Gasteiger partial charge in [-0.05, 0) is 37.0 Å². The lowest BCUT2D eigenvalue weighted by Gasteiger charge is -2.09. The zero-order chi connectivity index (χ0) is 25.2. The first kappa shape index (κ1) is 31.4. The van der Waals surface area contributed by atoms with Crippen molar-refractivity contribution in [2.45, 2.75) is 90.9 Å². The minimum Gasteiger partial charge on any atom is -0.491 e. The molecule has 0 saturated heterocycles. The lowest BCUT2D eigenvalue weighted by Crippen LogP contribution is -2.14. The number of aryl methyl sites for hydroxylation is 1. The molecule has 0 unspecified atom stereocenters. The molecule has 1 aromatic rings. The van der Waals surface area contributed by atoms with Gasteiger partial charge >= 0.3 is 5.97 Å². The van der Waals surface area contributed by atoms with Crippen LogP contribution in [-0.2, 0) is 30.2 Å². The van der Waals surface area contributed by atoms with Crippen LogP contribution in [0.3, 0.4) is 0 Å². The van der Waals surface area contributed by atoms with E-state index in [0.29, 0.717) is 59.3 Å². The van der Waals surface area contributed by atoms with Crippen LogP contribution < -0.4 is 4.74 Å². The van der Waals surface area contributed by atoms with Gasteiger partial charge in [-0.3, -0.25) is 4.79 Å². The molecule has 0 aliphatic carbocycles. The molecule has 6 heteroatoms. The molecule has 0 heterocycles. The van der Waals surface area contributed by atoms with Crippen LogP contribution in [0.2, 0.25) is 0 Å². The Morgan fingerprint density at radius 2 is 1.11 bits per heavy atom. The summed E-state index contributed by atoms with van der Waals surface area (Å²) in [7, 11) is 0. The van der Waals surface area contributed by atoms with E-state index in [-0.39, 0.29) is 5.97 Å².